The van der Waals surface area contributed by atoms with E-state index in [0.29, 0.717) is 5.56 Å². The summed E-state index contributed by atoms with van der Waals surface area (Å²) in [7, 11) is 0. The summed E-state index contributed by atoms with van der Waals surface area (Å²) in [4.78, 5) is 10.7. The Balaban J connectivity index is 2.47. The summed E-state index contributed by atoms with van der Waals surface area (Å²) in [6, 6.07) is 11.7. The highest BCUT2D eigenvalue weighted by Gasteiger charge is 2.08. The van der Waals surface area contributed by atoms with Crippen molar-refractivity contribution in [2.75, 3.05) is 0 Å². The lowest BCUT2D eigenvalue weighted by Crippen LogP contribution is -2.21. The van der Waals surface area contributed by atoms with Gasteiger partial charge in [-0.1, -0.05) is 41.9 Å². The molecule has 0 radical (unpaired) electrons. The zero-order valence-electron chi connectivity index (χ0n) is 10.6. The number of carbonyl (C=O) groups excluding carboxylic acids is 1. The Morgan fingerprint density at radius 1 is 1.19 bits per heavy atom. The number of allylic oxidation sites excluding steroid dienone is 1. The summed E-state index contributed by atoms with van der Waals surface area (Å²) in [5, 5.41) is 20.1. The van der Waals surface area contributed by atoms with Gasteiger partial charge >= 0.3 is 0 Å². The molecule has 2 rings (SSSR count). The number of halogens is 2. The molecular weight excluding hydrogens is 293 g/mol. The fourth-order valence-corrected chi connectivity index (χ4v) is 1.98. The van der Waals surface area contributed by atoms with Crippen molar-refractivity contribution >= 4 is 29.2 Å². The fourth-order valence-electron chi connectivity index (χ4n) is 1.76. The number of carbonyl (C=O) groups is 1. The Morgan fingerprint density at radius 2 is 1.81 bits per heavy atom. The number of carboxylic acid groups (broad SMARTS) is 1. The van der Waals surface area contributed by atoms with Gasteiger partial charge in [0, 0.05) is 5.56 Å². The molecule has 0 aliphatic heterocycles. The van der Waals surface area contributed by atoms with E-state index in [0.717, 1.165) is 0 Å². The van der Waals surface area contributed by atoms with Crippen LogP contribution in [0.1, 0.15) is 21.5 Å². The Hall–Kier alpha value is -2.64. The molecule has 0 aliphatic carbocycles. The minimum atomic E-state index is -1.30. The molecule has 0 amide bonds. The van der Waals surface area contributed by atoms with Gasteiger partial charge in [0.2, 0.25) is 0 Å². The first-order valence-electron chi connectivity index (χ1n) is 5.90. The van der Waals surface area contributed by atoms with Gasteiger partial charge < -0.3 is 9.90 Å². The number of carboxylic acids is 1. The maximum absolute atomic E-state index is 13.7. The minimum Gasteiger partial charge on any atom is -0.545 e. The van der Waals surface area contributed by atoms with E-state index in [1.54, 1.807) is 0 Å². The highest BCUT2D eigenvalue weighted by molar-refractivity contribution is 6.32. The van der Waals surface area contributed by atoms with Crippen molar-refractivity contribution in [1.29, 1.82) is 5.26 Å². The van der Waals surface area contributed by atoms with Crippen molar-refractivity contribution in [3.8, 4) is 6.07 Å². The Kier molecular flexibility index (Phi) is 4.36. The van der Waals surface area contributed by atoms with E-state index in [-0.39, 0.29) is 21.7 Å². The number of rotatable bonds is 3. The molecule has 2 aromatic rings. The topological polar surface area (TPSA) is 63.9 Å². The van der Waals surface area contributed by atoms with Gasteiger partial charge in [-0.25, -0.2) is 4.39 Å². The molecule has 0 bridgehead atoms. The summed E-state index contributed by atoms with van der Waals surface area (Å²) in [5.41, 5.74) is 0.744. The summed E-state index contributed by atoms with van der Waals surface area (Å²) in [5.74, 6) is -1.84. The van der Waals surface area contributed by atoms with E-state index in [4.69, 9.17) is 11.6 Å². The van der Waals surface area contributed by atoms with Crippen LogP contribution >= 0.6 is 11.6 Å². The molecule has 0 aliphatic rings. The molecule has 3 nitrogen and oxygen atoms in total. The minimum absolute atomic E-state index is 0.0000335. The maximum atomic E-state index is 13.7. The average molecular weight is 301 g/mol. The molecule has 5 heteroatoms. The van der Waals surface area contributed by atoms with Crippen molar-refractivity contribution in [3.05, 3.63) is 70.0 Å². The van der Waals surface area contributed by atoms with E-state index < -0.39 is 11.8 Å². The Labute approximate surface area is 125 Å². The third-order valence-corrected chi connectivity index (χ3v) is 3.17. The van der Waals surface area contributed by atoms with Gasteiger partial charge in [-0.15, -0.1) is 0 Å². The monoisotopic (exact) mass is 300 g/mol. The summed E-state index contributed by atoms with van der Waals surface area (Å²) < 4.78 is 13.7. The molecule has 104 valence electrons. The van der Waals surface area contributed by atoms with Crippen molar-refractivity contribution in [1.82, 2.24) is 0 Å². The second kappa shape index (κ2) is 6.21. The molecule has 0 saturated heterocycles. The van der Waals surface area contributed by atoms with Crippen LogP contribution in [0.3, 0.4) is 0 Å². The number of hydrogen-bond acceptors (Lipinski definition) is 3. The van der Waals surface area contributed by atoms with Crippen LogP contribution in [-0.2, 0) is 0 Å². The van der Waals surface area contributed by atoms with Crippen LogP contribution in [0.25, 0.3) is 11.6 Å². The van der Waals surface area contributed by atoms with Crippen LogP contribution in [0.2, 0.25) is 5.02 Å². The van der Waals surface area contributed by atoms with Gasteiger partial charge in [0.15, 0.2) is 0 Å². The molecule has 0 spiro atoms. The number of benzene rings is 2. The van der Waals surface area contributed by atoms with Crippen molar-refractivity contribution in [2.45, 2.75) is 0 Å². The largest absolute Gasteiger partial charge is 0.545 e. The van der Waals surface area contributed by atoms with E-state index >= 15 is 0 Å². The van der Waals surface area contributed by atoms with Crippen molar-refractivity contribution in [3.63, 3.8) is 0 Å². The summed E-state index contributed by atoms with van der Waals surface area (Å²) in [6.45, 7) is 0. The molecule has 0 saturated carbocycles. The number of hydrogen-bond donors (Lipinski definition) is 0. The van der Waals surface area contributed by atoms with E-state index in [1.807, 2.05) is 6.07 Å². The van der Waals surface area contributed by atoms with E-state index in [1.165, 1.54) is 48.5 Å². The van der Waals surface area contributed by atoms with Crippen molar-refractivity contribution in [2.24, 2.45) is 0 Å². The smallest absolute Gasteiger partial charge is 0.131 e. The second-order valence-electron chi connectivity index (χ2n) is 4.17. The average Bonchev–Trinajstić information content (AvgIpc) is 2.47. The Bertz CT molecular complexity index is 741. The second-order valence-corrected chi connectivity index (χ2v) is 4.58. The molecule has 21 heavy (non-hydrogen) atoms. The SMILES string of the molecule is N#C/C(=C/c1c(F)cccc1Cl)c1ccc(C(=O)[O-])cc1. The van der Waals surface area contributed by atoms with Crippen LogP contribution in [0.5, 0.6) is 0 Å². The van der Waals surface area contributed by atoms with Gasteiger partial charge in [0.1, 0.15) is 5.82 Å². The lowest BCUT2D eigenvalue weighted by molar-refractivity contribution is -0.255. The summed E-state index contributed by atoms with van der Waals surface area (Å²) >= 11 is 5.90. The van der Waals surface area contributed by atoms with E-state index in [9.17, 15) is 19.6 Å². The molecule has 0 heterocycles. The van der Waals surface area contributed by atoms with Crippen LogP contribution < -0.4 is 5.11 Å². The molecule has 0 atom stereocenters. The van der Waals surface area contributed by atoms with Crippen LogP contribution in [0.15, 0.2) is 42.5 Å². The third kappa shape index (κ3) is 3.28. The van der Waals surface area contributed by atoms with Gasteiger partial charge in [-0.05, 0) is 29.3 Å². The molecule has 2 aromatic carbocycles. The van der Waals surface area contributed by atoms with Crippen LogP contribution in [0.4, 0.5) is 4.39 Å². The predicted molar refractivity (Wildman–Crippen MR) is 75.7 cm³/mol. The first-order chi connectivity index (χ1) is 10.0. The quantitative estimate of drug-likeness (QED) is 0.646. The highest BCUT2D eigenvalue weighted by atomic mass is 35.5. The lowest BCUT2D eigenvalue weighted by atomic mass is 10.0. The number of nitrogens with zero attached hydrogens (tertiary/aromatic N) is 1. The van der Waals surface area contributed by atoms with Gasteiger partial charge in [0.05, 0.1) is 22.6 Å². The molecule has 0 fully saturated rings. The zero-order valence-corrected chi connectivity index (χ0v) is 11.4. The van der Waals surface area contributed by atoms with E-state index in [2.05, 4.69) is 0 Å². The molecule has 0 aromatic heterocycles. The zero-order chi connectivity index (χ0) is 15.4. The summed E-state index contributed by atoms with van der Waals surface area (Å²) in [6.07, 6.45) is 1.33. The maximum Gasteiger partial charge on any atom is 0.131 e. The van der Waals surface area contributed by atoms with Gasteiger partial charge in [-0.2, -0.15) is 5.26 Å². The van der Waals surface area contributed by atoms with Crippen LogP contribution in [0, 0.1) is 17.1 Å². The normalized spacial score (nSPS) is 11.0. The predicted octanol–water partition coefficient (Wildman–Crippen LogP) is 2.91. The number of aromatic carboxylic acids is 1. The molecule has 0 N–H and O–H groups in total. The first kappa shape index (κ1) is 14.8. The molecular formula is C16H8ClFNO2-. The van der Waals surface area contributed by atoms with Crippen LogP contribution in [-0.4, -0.2) is 5.97 Å². The lowest BCUT2D eigenvalue weighted by Gasteiger charge is -2.05. The third-order valence-electron chi connectivity index (χ3n) is 2.84. The standard InChI is InChI=1S/C16H9ClFNO2/c17-14-2-1-3-15(18)13(14)8-12(9-19)10-4-6-11(7-5-10)16(20)21/h1-8H,(H,20,21)/p-1/b12-8-. The number of nitriles is 1. The van der Waals surface area contributed by atoms with Gasteiger partial charge in [0.25, 0.3) is 0 Å². The molecule has 0 unspecified atom stereocenters. The highest BCUT2D eigenvalue weighted by Crippen LogP contribution is 2.25. The van der Waals surface area contributed by atoms with Gasteiger partial charge in [-0.3, -0.25) is 0 Å². The van der Waals surface area contributed by atoms with Crippen molar-refractivity contribution < 1.29 is 14.3 Å². The first-order valence-corrected chi connectivity index (χ1v) is 6.28. The Morgan fingerprint density at radius 3 is 2.33 bits per heavy atom. The fraction of sp³-hybridized carbons (Fsp3) is 0.